The summed E-state index contributed by atoms with van der Waals surface area (Å²) in [5.74, 6) is 1.34. The molecule has 0 aliphatic rings. The maximum Gasteiger partial charge on any atom is 0.232 e. The molecular formula is C18H19N5S. The fraction of sp³-hybridized carbons (Fsp3) is 0.167. The summed E-state index contributed by atoms with van der Waals surface area (Å²) < 4.78 is 0. The SMILES string of the molecule is Cc1cccc(SC(C)c2nc(N)nc(Nc3ccccc3)n2)c1. The van der Waals surface area contributed by atoms with Crippen molar-refractivity contribution in [2.24, 2.45) is 0 Å². The lowest BCUT2D eigenvalue weighted by atomic mass is 10.2. The van der Waals surface area contributed by atoms with Crippen LogP contribution in [-0.4, -0.2) is 15.0 Å². The first kappa shape index (κ1) is 16.3. The Balaban J connectivity index is 1.80. The van der Waals surface area contributed by atoms with Crippen molar-refractivity contribution < 1.29 is 0 Å². The Labute approximate surface area is 145 Å². The molecule has 0 radical (unpaired) electrons. The highest BCUT2D eigenvalue weighted by atomic mass is 32.2. The number of nitrogen functional groups attached to an aromatic ring is 1. The molecule has 2 aromatic carbocycles. The van der Waals surface area contributed by atoms with E-state index in [0.29, 0.717) is 11.8 Å². The fourth-order valence-electron chi connectivity index (χ4n) is 2.24. The highest BCUT2D eigenvalue weighted by molar-refractivity contribution is 7.99. The quantitative estimate of drug-likeness (QED) is 0.674. The molecule has 3 aromatic rings. The second-order valence-corrected chi connectivity index (χ2v) is 6.86. The third-order valence-electron chi connectivity index (χ3n) is 3.37. The van der Waals surface area contributed by atoms with E-state index in [0.717, 1.165) is 5.69 Å². The number of para-hydroxylation sites is 1. The molecule has 24 heavy (non-hydrogen) atoms. The summed E-state index contributed by atoms with van der Waals surface area (Å²) in [5.41, 5.74) is 8.00. The highest BCUT2D eigenvalue weighted by Gasteiger charge is 2.14. The van der Waals surface area contributed by atoms with Crippen LogP contribution in [0.3, 0.4) is 0 Å². The molecule has 0 amide bonds. The largest absolute Gasteiger partial charge is 0.368 e. The van der Waals surface area contributed by atoms with Crippen molar-refractivity contribution in [2.75, 3.05) is 11.1 Å². The molecule has 1 atom stereocenters. The van der Waals surface area contributed by atoms with Gasteiger partial charge in [-0.3, -0.25) is 0 Å². The number of nitrogens with two attached hydrogens (primary N) is 1. The van der Waals surface area contributed by atoms with Crippen LogP contribution in [-0.2, 0) is 0 Å². The van der Waals surface area contributed by atoms with Gasteiger partial charge in [0.1, 0.15) is 5.82 Å². The van der Waals surface area contributed by atoms with Crippen LogP contribution in [0.2, 0.25) is 0 Å². The lowest BCUT2D eigenvalue weighted by Crippen LogP contribution is -2.08. The van der Waals surface area contributed by atoms with Crippen LogP contribution >= 0.6 is 11.8 Å². The summed E-state index contributed by atoms with van der Waals surface area (Å²) >= 11 is 1.70. The summed E-state index contributed by atoms with van der Waals surface area (Å²) in [6, 6.07) is 18.1. The minimum absolute atomic E-state index is 0.0634. The Morgan fingerprint density at radius 1 is 1.00 bits per heavy atom. The van der Waals surface area contributed by atoms with Crippen LogP contribution in [0.15, 0.2) is 59.5 Å². The zero-order valence-electron chi connectivity index (χ0n) is 13.6. The average Bonchev–Trinajstić information content (AvgIpc) is 2.55. The minimum atomic E-state index is 0.0634. The number of aromatic nitrogens is 3. The van der Waals surface area contributed by atoms with Crippen LogP contribution in [0.4, 0.5) is 17.6 Å². The minimum Gasteiger partial charge on any atom is -0.368 e. The van der Waals surface area contributed by atoms with E-state index >= 15 is 0 Å². The molecule has 0 saturated heterocycles. The topological polar surface area (TPSA) is 76.7 Å². The van der Waals surface area contributed by atoms with Gasteiger partial charge >= 0.3 is 0 Å². The standard InChI is InChI=1S/C18H19N5S/c1-12-7-6-10-15(11-12)24-13(2)16-21-17(19)23-18(22-16)20-14-8-4-3-5-9-14/h3-11,13H,1-2H3,(H3,19,20,21,22,23). The monoisotopic (exact) mass is 337 g/mol. The second-order valence-electron chi connectivity index (χ2n) is 5.44. The van der Waals surface area contributed by atoms with E-state index in [-0.39, 0.29) is 11.2 Å². The molecule has 0 spiro atoms. The van der Waals surface area contributed by atoms with Gasteiger partial charge in [-0.05, 0) is 38.1 Å². The molecule has 0 aliphatic carbocycles. The van der Waals surface area contributed by atoms with Crippen molar-refractivity contribution in [3.8, 4) is 0 Å². The molecule has 0 fully saturated rings. The maximum atomic E-state index is 5.86. The van der Waals surface area contributed by atoms with Crippen LogP contribution in [0.1, 0.15) is 23.6 Å². The van der Waals surface area contributed by atoms with E-state index in [2.05, 4.69) is 58.4 Å². The number of hydrogen-bond donors (Lipinski definition) is 2. The molecule has 3 rings (SSSR count). The second kappa shape index (κ2) is 7.31. The Morgan fingerprint density at radius 3 is 2.54 bits per heavy atom. The molecule has 0 saturated carbocycles. The van der Waals surface area contributed by atoms with E-state index < -0.39 is 0 Å². The molecule has 0 aliphatic heterocycles. The van der Waals surface area contributed by atoms with Gasteiger partial charge < -0.3 is 11.1 Å². The first-order chi connectivity index (χ1) is 11.6. The average molecular weight is 337 g/mol. The number of nitrogens with zero attached hydrogens (tertiary/aromatic N) is 3. The summed E-state index contributed by atoms with van der Waals surface area (Å²) in [5, 5.41) is 3.22. The molecule has 1 aromatic heterocycles. The zero-order valence-corrected chi connectivity index (χ0v) is 14.4. The van der Waals surface area contributed by atoms with Gasteiger partial charge in [0.05, 0.1) is 5.25 Å². The molecular weight excluding hydrogens is 318 g/mol. The van der Waals surface area contributed by atoms with Crippen molar-refractivity contribution in [1.29, 1.82) is 0 Å². The maximum absolute atomic E-state index is 5.86. The highest BCUT2D eigenvalue weighted by Crippen LogP contribution is 2.33. The third-order valence-corrected chi connectivity index (χ3v) is 4.46. The molecule has 1 heterocycles. The van der Waals surface area contributed by atoms with Gasteiger partial charge in [-0.1, -0.05) is 35.9 Å². The number of thioether (sulfide) groups is 1. The summed E-state index contributed by atoms with van der Waals surface area (Å²) in [7, 11) is 0. The van der Waals surface area contributed by atoms with Gasteiger partial charge in [0.2, 0.25) is 11.9 Å². The van der Waals surface area contributed by atoms with Crippen LogP contribution in [0, 0.1) is 6.92 Å². The molecule has 122 valence electrons. The van der Waals surface area contributed by atoms with Gasteiger partial charge in [-0.2, -0.15) is 15.0 Å². The van der Waals surface area contributed by atoms with E-state index in [1.54, 1.807) is 11.8 Å². The molecule has 0 bridgehead atoms. The number of rotatable bonds is 5. The number of hydrogen-bond acceptors (Lipinski definition) is 6. The van der Waals surface area contributed by atoms with E-state index in [1.165, 1.54) is 10.5 Å². The predicted molar refractivity (Wildman–Crippen MR) is 99.4 cm³/mol. The van der Waals surface area contributed by atoms with Gasteiger partial charge in [-0.15, -0.1) is 11.8 Å². The Kier molecular flexibility index (Phi) is 4.96. The van der Waals surface area contributed by atoms with Crippen molar-refractivity contribution >= 4 is 29.3 Å². The van der Waals surface area contributed by atoms with Crippen molar-refractivity contribution in [2.45, 2.75) is 24.0 Å². The van der Waals surface area contributed by atoms with Crippen LogP contribution < -0.4 is 11.1 Å². The number of benzene rings is 2. The van der Waals surface area contributed by atoms with Gasteiger partial charge in [-0.25, -0.2) is 0 Å². The summed E-state index contributed by atoms with van der Waals surface area (Å²) in [4.78, 5) is 14.1. The zero-order chi connectivity index (χ0) is 16.9. The normalized spacial score (nSPS) is 11.9. The molecule has 1 unspecified atom stereocenters. The Bertz CT molecular complexity index is 823. The first-order valence-electron chi connectivity index (χ1n) is 7.67. The summed E-state index contributed by atoms with van der Waals surface area (Å²) in [6.07, 6.45) is 0. The molecule has 3 N–H and O–H groups in total. The van der Waals surface area contributed by atoms with Gasteiger partial charge in [0.25, 0.3) is 0 Å². The van der Waals surface area contributed by atoms with Crippen LogP contribution in [0.25, 0.3) is 0 Å². The fourth-order valence-corrected chi connectivity index (χ4v) is 3.27. The van der Waals surface area contributed by atoms with E-state index in [4.69, 9.17) is 5.73 Å². The number of nitrogens with one attached hydrogen (secondary N) is 1. The van der Waals surface area contributed by atoms with E-state index in [9.17, 15) is 0 Å². The van der Waals surface area contributed by atoms with E-state index in [1.807, 2.05) is 30.3 Å². The van der Waals surface area contributed by atoms with Crippen LogP contribution in [0.5, 0.6) is 0 Å². The lowest BCUT2D eigenvalue weighted by molar-refractivity contribution is 0.896. The third kappa shape index (κ3) is 4.23. The number of anilines is 3. The Morgan fingerprint density at radius 2 is 1.79 bits per heavy atom. The summed E-state index contributed by atoms with van der Waals surface area (Å²) in [6.45, 7) is 4.14. The smallest absolute Gasteiger partial charge is 0.232 e. The Hall–Kier alpha value is -2.60. The lowest BCUT2D eigenvalue weighted by Gasteiger charge is -2.12. The van der Waals surface area contributed by atoms with Crippen molar-refractivity contribution in [3.63, 3.8) is 0 Å². The molecule has 5 nitrogen and oxygen atoms in total. The van der Waals surface area contributed by atoms with Gasteiger partial charge in [0, 0.05) is 10.6 Å². The predicted octanol–water partition coefficient (Wildman–Crippen LogP) is 4.36. The molecule has 6 heteroatoms. The van der Waals surface area contributed by atoms with Crippen molar-refractivity contribution in [3.05, 3.63) is 66.0 Å². The van der Waals surface area contributed by atoms with Crippen molar-refractivity contribution in [1.82, 2.24) is 15.0 Å². The first-order valence-corrected chi connectivity index (χ1v) is 8.55. The number of aryl methyl sites for hydroxylation is 1. The van der Waals surface area contributed by atoms with Gasteiger partial charge in [0.15, 0.2) is 0 Å².